The molecule has 158 valence electrons. The van der Waals surface area contributed by atoms with E-state index >= 15 is 0 Å². The van der Waals surface area contributed by atoms with Crippen molar-refractivity contribution in [3.63, 3.8) is 0 Å². The summed E-state index contributed by atoms with van der Waals surface area (Å²) in [5, 5.41) is 5.63. The topological polar surface area (TPSA) is 46.4 Å². The van der Waals surface area contributed by atoms with Crippen LogP contribution in [0.25, 0.3) is 22.5 Å². The zero-order valence-electron chi connectivity index (χ0n) is 17.6. The SMILES string of the molecule is Cc1cc(/C=C2\SC(=Nc3ccc(F)cc3)NC2=O)c(C)n1-c1cccc2ccccc12. The molecule has 6 heteroatoms. The van der Waals surface area contributed by atoms with Crippen molar-refractivity contribution in [3.05, 3.63) is 100 Å². The number of benzene rings is 3. The van der Waals surface area contributed by atoms with Crippen molar-refractivity contribution >= 4 is 45.4 Å². The predicted molar refractivity (Wildman–Crippen MR) is 130 cm³/mol. The summed E-state index contributed by atoms with van der Waals surface area (Å²) in [4.78, 5) is 17.5. The monoisotopic (exact) mass is 441 g/mol. The Morgan fingerprint density at radius 2 is 1.75 bits per heavy atom. The van der Waals surface area contributed by atoms with Gasteiger partial charge in [0, 0.05) is 16.8 Å². The minimum atomic E-state index is -0.320. The van der Waals surface area contributed by atoms with Crippen molar-refractivity contribution in [3.8, 4) is 5.69 Å². The maximum atomic E-state index is 13.1. The number of carbonyl (C=O) groups excluding carboxylic acids is 1. The molecular formula is C26H20FN3OS. The van der Waals surface area contributed by atoms with E-state index in [-0.39, 0.29) is 11.7 Å². The van der Waals surface area contributed by atoms with Gasteiger partial charge in [0.05, 0.1) is 16.3 Å². The van der Waals surface area contributed by atoms with Gasteiger partial charge in [0.2, 0.25) is 0 Å². The van der Waals surface area contributed by atoms with E-state index in [1.54, 1.807) is 12.1 Å². The highest BCUT2D eigenvalue weighted by atomic mass is 32.2. The number of nitrogens with one attached hydrogen (secondary N) is 1. The Morgan fingerprint density at radius 3 is 2.56 bits per heavy atom. The maximum absolute atomic E-state index is 13.1. The summed E-state index contributed by atoms with van der Waals surface area (Å²) in [6.07, 6.45) is 1.90. The predicted octanol–water partition coefficient (Wildman–Crippen LogP) is 6.28. The largest absolute Gasteiger partial charge is 0.317 e. The minimum Gasteiger partial charge on any atom is -0.317 e. The lowest BCUT2D eigenvalue weighted by Crippen LogP contribution is -2.19. The first-order valence-electron chi connectivity index (χ1n) is 10.2. The van der Waals surface area contributed by atoms with Crippen molar-refractivity contribution in [1.29, 1.82) is 0 Å². The summed E-state index contributed by atoms with van der Waals surface area (Å²) in [7, 11) is 0. The van der Waals surface area contributed by atoms with Gasteiger partial charge in [-0.15, -0.1) is 0 Å². The molecule has 4 aromatic rings. The Morgan fingerprint density at radius 1 is 1.00 bits per heavy atom. The Kier molecular flexibility index (Phi) is 5.15. The van der Waals surface area contributed by atoms with Gasteiger partial charge in [0.15, 0.2) is 5.17 Å². The van der Waals surface area contributed by atoms with Crippen molar-refractivity contribution in [2.45, 2.75) is 13.8 Å². The van der Waals surface area contributed by atoms with E-state index in [2.05, 4.69) is 65.1 Å². The van der Waals surface area contributed by atoms with Gasteiger partial charge in [0.25, 0.3) is 5.91 Å². The molecule has 32 heavy (non-hydrogen) atoms. The zero-order chi connectivity index (χ0) is 22.2. The van der Waals surface area contributed by atoms with Crippen LogP contribution in [-0.2, 0) is 4.79 Å². The van der Waals surface area contributed by atoms with Crippen LogP contribution in [0.4, 0.5) is 10.1 Å². The molecule has 0 radical (unpaired) electrons. The van der Waals surface area contributed by atoms with E-state index < -0.39 is 0 Å². The zero-order valence-corrected chi connectivity index (χ0v) is 18.4. The molecule has 1 aliphatic rings. The molecule has 1 N–H and O–H groups in total. The number of aliphatic imine (C=N–C) groups is 1. The third kappa shape index (κ3) is 3.74. The average molecular weight is 442 g/mol. The van der Waals surface area contributed by atoms with E-state index in [4.69, 9.17) is 0 Å². The quantitative estimate of drug-likeness (QED) is 0.381. The summed E-state index contributed by atoms with van der Waals surface area (Å²) in [6.45, 7) is 4.13. The van der Waals surface area contributed by atoms with Gasteiger partial charge in [-0.2, -0.15) is 0 Å². The Balaban J connectivity index is 1.50. The van der Waals surface area contributed by atoms with Crippen LogP contribution < -0.4 is 5.32 Å². The second-order valence-corrected chi connectivity index (χ2v) is 8.65. The number of carbonyl (C=O) groups is 1. The molecule has 1 fully saturated rings. The summed E-state index contributed by atoms with van der Waals surface area (Å²) in [5.41, 5.74) is 4.84. The second-order valence-electron chi connectivity index (χ2n) is 7.62. The molecular weight excluding hydrogens is 421 g/mol. The van der Waals surface area contributed by atoms with E-state index in [9.17, 15) is 9.18 Å². The van der Waals surface area contributed by atoms with Crippen LogP contribution in [0.5, 0.6) is 0 Å². The first-order chi connectivity index (χ1) is 15.5. The maximum Gasteiger partial charge on any atom is 0.264 e. The van der Waals surface area contributed by atoms with Crippen LogP contribution in [0, 0.1) is 19.7 Å². The molecule has 5 rings (SSSR count). The minimum absolute atomic E-state index is 0.189. The highest BCUT2D eigenvalue weighted by molar-refractivity contribution is 8.18. The Hall–Kier alpha value is -3.64. The highest BCUT2D eigenvalue weighted by Crippen LogP contribution is 2.32. The summed E-state index contributed by atoms with van der Waals surface area (Å²) in [6, 6.07) is 22.5. The van der Waals surface area contributed by atoms with Crippen LogP contribution >= 0.6 is 11.8 Å². The summed E-state index contributed by atoms with van der Waals surface area (Å²) in [5.74, 6) is -0.509. The fourth-order valence-electron chi connectivity index (χ4n) is 3.96. The van der Waals surface area contributed by atoms with Gasteiger partial charge in [-0.3, -0.25) is 4.79 Å². The lowest BCUT2D eigenvalue weighted by molar-refractivity contribution is -0.115. The third-order valence-electron chi connectivity index (χ3n) is 5.47. The molecule has 1 amide bonds. The number of halogens is 1. The number of rotatable bonds is 3. The number of thioether (sulfide) groups is 1. The number of fused-ring (bicyclic) bond motifs is 1. The molecule has 0 aliphatic carbocycles. The molecule has 3 aromatic carbocycles. The van der Waals surface area contributed by atoms with Crippen LogP contribution in [0.2, 0.25) is 0 Å². The molecule has 0 saturated carbocycles. The normalized spacial score (nSPS) is 16.3. The molecule has 4 nitrogen and oxygen atoms in total. The van der Waals surface area contributed by atoms with Gasteiger partial charge >= 0.3 is 0 Å². The van der Waals surface area contributed by atoms with Crippen LogP contribution in [0.15, 0.2) is 82.7 Å². The van der Waals surface area contributed by atoms with E-state index in [0.29, 0.717) is 15.8 Å². The molecule has 0 spiro atoms. The fraction of sp³-hybridized carbons (Fsp3) is 0.0769. The lowest BCUT2D eigenvalue weighted by atomic mass is 10.1. The number of nitrogens with zero attached hydrogens (tertiary/aromatic N) is 2. The molecule has 0 atom stereocenters. The van der Waals surface area contributed by atoms with Crippen LogP contribution in [-0.4, -0.2) is 15.6 Å². The number of hydrogen-bond donors (Lipinski definition) is 1. The Bertz CT molecular complexity index is 1410. The van der Waals surface area contributed by atoms with Gasteiger partial charge < -0.3 is 9.88 Å². The van der Waals surface area contributed by atoms with Crippen LogP contribution in [0.1, 0.15) is 17.0 Å². The van der Waals surface area contributed by atoms with Crippen molar-refractivity contribution in [2.75, 3.05) is 0 Å². The Labute approximate surface area is 189 Å². The number of aryl methyl sites for hydroxylation is 1. The highest BCUT2D eigenvalue weighted by Gasteiger charge is 2.24. The fourth-order valence-corrected chi connectivity index (χ4v) is 4.80. The number of aromatic nitrogens is 1. The van der Waals surface area contributed by atoms with Crippen LogP contribution in [0.3, 0.4) is 0 Å². The molecule has 0 bridgehead atoms. The van der Waals surface area contributed by atoms with E-state index in [1.165, 1.54) is 34.7 Å². The molecule has 1 aromatic heterocycles. The lowest BCUT2D eigenvalue weighted by Gasteiger charge is -2.13. The van der Waals surface area contributed by atoms with Gasteiger partial charge in [-0.25, -0.2) is 9.38 Å². The number of amidine groups is 1. The van der Waals surface area contributed by atoms with E-state index in [1.807, 2.05) is 18.2 Å². The van der Waals surface area contributed by atoms with Gasteiger partial charge in [-0.05, 0) is 79.0 Å². The average Bonchev–Trinajstić information content (AvgIpc) is 3.27. The van der Waals surface area contributed by atoms with Crippen molar-refractivity contribution in [2.24, 2.45) is 4.99 Å². The first kappa shape index (κ1) is 20.3. The standard InChI is InChI=1S/C26H20FN3OS/c1-16-14-19(17(2)30(16)23-9-5-7-18-6-3-4-8-22(18)23)15-24-25(31)29-26(32-24)28-21-12-10-20(27)11-13-21/h3-15H,1-2H3,(H,28,29,31)/b24-15-. The molecule has 1 aliphatic heterocycles. The number of amides is 1. The second kappa shape index (κ2) is 8.13. The molecule has 0 unspecified atom stereocenters. The van der Waals surface area contributed by atoms with E-state index in [0.717, 1.165) is 22.6 Å². The molecule has 2 heterocycles. The summed E-state index contributed by atoms with van der Waals surface area (Å²) < 4.78 is 15.3. The van der Waals surface area contributed by atoms with Gasteiger partial charge in [0.1, 0.15) is 5.82 Å². The van der Waals surface area contributed by atoms with Crippen molar-refractivity contribution in [1.82, 2.24) is 9.88 Å². The third-order valence-corrected chi connectivity index (χ3v) is 6.38. The van der Waals surface area contributed by atoms with Gasteiger partial charge in [-0.1, -0.05) is 36.4 Å². The summed E-state index contributed by atoms with van der Waals surface area (Å²) >= 11 is 1.28. The van der Waals surface area contributed by atoms with Crippen molar-refractivity contribution < 1.29 is 9.18 Å². The molecule has 1 saturated heterocycles. The smallest absolute Gasteiger partial charge is 0.264 e. The number of hydrogen-bond acceptors (Lipinski definition) is 3. The first-order valence-corrected chi connectivity index (χ1v) is 11.0.